The van der Waals surface area contributed by atoms with E-state index in [1.807, 2.05) is 30.3 Å². The molecule has 0 aliphatic heterocycles. The Balaban J connectivity index is 1.89. The monoisotopic (exact) mass is 321 g/mol. The highest BCUT2D eigenvalue weighted by atomic mass is 35.5. The zero-order chi connectivity index (χ0) is 14.8. The standard InChI is InChI=1S/C17H17Cl2NO/c1-21-16-9-8-14(19)10-15(16)20-17(11-2-3-11)12-4-6-13(18)7-5-12/h4-11,17,20H,2-3H2,1H3. The van der Waals surface area contributed by atoms with E-state index in [0.29, 0.717) is 10.9 Å². The first-order valence-corrected chi connectivity index (χ1v) is 7.78. The van der Waals surface area contributed by atoms with Crippen LogP contribution in [-0.2, 0) is 0 Å². The van der Waals surface area contributed by atoms with Gasteiger partial charge in [-0.3, -0.25) is 0 Å². The van der Waals surface area contributed by atoms with Crippen molar-refractivity contribution < 1.29 is 4.74 Å². The topological polar surface area (TPSA) is 21.3 Å². The number of hydrogen-bond acceptors (Lipinski definition) is 2. The Morgan fingerprint density at radius 2 is 1.71 bits per heavy atom. The van der Waals surface area contributed by atoms with Crippen molar-refractivity contribution in [1.82, 2.24) is 0 Å². The van der Waals surface area contributed by atoms with Crippen LogP contribution in [0.15, 0.2) is 42.5 Å². The largest absolute Gasteiger partial charge is 0.495 e. The van der Waals surface area contributed by atoms with Crippen LogP contribution in [0, 0.1) is 5.92 Å². The maximum absolute atomic E-state index is 6.11. The minimum Gasteiger partial charge on any atom is -0.495 e. The van der Waals surface area contributed by atoms with Crippen LogP contribution in [0.2, 0.25) is 10.0 Å². The van der Waals surface area contributed by atoms with Crippen LogP contribution in [0.5, 0.6) is 5.75 Å². The number of anilines is 1. The van der Waals surface area contributed by atoms with Crippen molar-refractivity contribution in [2.45, 2.75) is 18.9 Å². The number of halogens is 2. The van der Waals surface area contributed by atoms with E-state index in [1.54, 1.807) is 7.11 Å². The Kier molecular flexibility index (Phi) is 4.27. The smallest absolute Gasteiger partial charge is 0.142 e. The summed E-state index contributed by atoms with van der Waals surface area (Å²) in [5.41, 5.74) is 2.17. The molecule has 1 atom stereocenters. The minimum atomic E-state index is 0.259. The molecule has 0 aromatic heterocycles. The molecule has 21 heavy (non-hydrogen) atoms. The Morgan fingerprint density at radius 3 is 2.33 bits per heavy atom. The van der Waals surface area contributed by atoms with Gasteiger partial charge in [-0.05, 0) is 54.7 Å². The number of methoxy groups -OCH3 is 1. The molecular weight excluding hydrogens is 305 g/mol. The van der Waals surface area contributed by atoms with Gasteiger partial charge in [-0.2, -0.15) is 0 Å². The molecule has 110 valence electrons. The normalized spacial score (nSPS) is 15.6. The molecule has 0 bridgehead atoms. The SMILES string of the molecule is COc1ccc(Cl)cc1NC(c1ccc(Cl)cc1)C1CC1. The van der Waals surface area contributed by atoms with Crippen molar-refractivity contribution in [3.63, 3.8) is 0 Å². The maximum Gasteiger partial charge on any atom is 0.142 e. The second-order valence-electron chi connectivity index (χ2n) is 5.36. The molecule has 0 saturated heterocycles. The van der Waals surface area contributed by atoms with Crippen LogP contribution >= 0.6 is 23.2 Å². The van der Waals surface area contributed by atoms with E-state index in [0.717, 1.165) is 16.5 Å². The van der Waals surface area contributed by atoms with Crippen molar-refractivity contribution in [1.29, 1.82) is 0 Å². The first kappa shape index (κ1) is 14.6. The first-order chi connectivity index (χ1) is 10.2. The van der Waals surface area contributed by atoms with Crippen LogP contribution in [0.1, 0.15) is 24.4 Å². The third-order valence-corrected chi connectivity index (χ3v) is 4.28. The van der Waals surface area contributed by atoms with Crippen molar-refractivity contribution >= 4 is 28.9 Å². The van der Waals surface area contributed by atoms with Crippen LogP contribution in [0.4, 0.5) is 5.69 Å². The van der Waals surface area contributed by atoms with E-state index in [4.69, 9.17) is 27.9 Å². The quantitative estimate of drug-likeness (QED) is 0.777. The Hall–Kier alpha value is -1.38. The fourth-order valence-electron chi connectivity index (χ4n) is 2.53. The van der Waals surface area contributed by atoms with Crippen LogP contribution in [0.25, 0.3) is 0 Å². The van der Waals surface area contributed by atoms with Crippen molar-refractivity contribution in [3.8, 4) is 5.75 Å². The molecule has 2 aromatic rings. The van der Waals surface area contributed by atoms with Gasteiger partial charge in [0.25, 0.3) is 0 Å². The second-order valence-corrected chi connectivity index (χ2v) is 6.23. The van der Waals surface area contributed by atoms with E-state index < -0.39 is 0 Å². The van der Waals surface area contributed by atoms with Gasteiger partial charge < -0.3 is 10.1 Å². The predicted molar refractivity (Wildman–Crippen MR) is 88.5 cm³/mol. The Morgan fingerprint density at radius 1 is 1.05 bits per heavy atom. The summed E-state index contributed by atoms with van der Waals surface area (Å²) >= 11 is 12.1. The lowest BCUT2D eigenvalue weighted by Gasteiger charge is -2.22. The number of hydrogen-bond donors (Lipinski definition) is 1. The summed E-state index contributed by atoms with van der Waals surface area (Å²) in [5.74, 6) is 1.45. The van der Waals surface area contributed by atoms with Gasteiger partial charge in [0.05, 0.1) is 18.8 Å². The fourth-order valence-corrected chi connectivity index (χ4v) is 2.83. The molecule has 1 N–H and O–H groups in total. The molecule has 4 heteroatoms. The summed E-state index contributed by atoms with van der Waals surface area (Å²) in [6, 6.07) is 13.9. The third kappa shape index (κ3) is 3.45. The van der Waals surface area contributed by atoms with Crippen molar-refractivity contribution in [2.75, 3.05) is 12.4 Å². The number of rotatable bonds is 5. The number of nitrogens with one attached hydrogen (secondary N) is 1. The molecule has 1 aliphatic carbocycles. The van der Waals surface area contributed by atoms with E-state index in [9.17, 15) is 0 Å². The lowest BCUT2D eigenvalue weighted by Crippen LogP contribution is -2.13. The van der Waals surface area contributed by atoms with Crippen molar-refractivity contribution in [2.24, 2.45) is 5.92 Å². The van der Waals surface area contributed by atoms with Gasteiger partial charge in [0.2, 0.25) is 0 Å². The molecule has 1 unspecified atom stereocenters. The Labute approximate surface area is 135 Å². The molecular formula is C17H17Cl2NO. The molecule has 0 radical (unpaired) electrons. The molecule has 0 amide bonds. The van der Waals surface area contributed by atoms with Gasteiger partial charge in [-0.1, -0.05) is 35.3 Å². The zero-order valence-corrected chi connectivity index (χ0v) is 13.3. The van der Waals surface area contributed by atoms with Gasteiger partial charge in [-0.15, -0.1) is 0 Å². The number of ether oxygens (including phenoxy) is 1. The lowest BCUT2D eigenvalue weighted by molar-refractivity contribution is 0.415. The highest BCUT2D eigenvalue weighted by Crippen LogP contribution is 2.44. The summed E-state index contributed by atoms with van der Waals surface area (Å²) < 4.78 is 5.41. The lowest BCUT2D eigenvalue weighted by atomic mass is 10.0. The minimum absolute atomic E-state index is 0.259. The van der Waals surface area contributed by atoms with Gasteiger partial charge in [0, 0.05) is 10.0 Å². The number of benzene rings is 2. The molecule has 1 fully saturated rings. The fraction of sp³-hybridized carbons (Fsp3) is 0.294. The molecule has 2 nitrogen and oxygen atoms in total. The molecule has 3 rings (SSSR count). The predicted octanol–water partition coefficient (Wildman–Crippen LogP) is 5.57. The highest BCUT2D eigenvalue weighted by Gasteiger charge is 2.32. The summed E-state index contributed by atoms with van der Waals surface area (Å²) in [5, 5.41) is 5.04. The first-order valence-electron chi connectivity index (χ1n) is 7.03. The second kappa shape index (κ2) is 6.17. The summed E-state index contributed by atoms with van der Waals surface area (Å²) in [6.45, 7) is 0. The van der Waals surface area contributed by atoms with Crippen molar-refractivity contribution in [3.05, 3.63) is 58.1 Å². The summed E-state index contributed by atoms with van der Waals surface area (Å²) in [4.78, 5) is 0. The molecule has 1 aliphatic rings. The molecule has 0 spiro atoms. The van der Waals surface area contributed by atoms with Gasteiger partial charge in [-0.25, -0.2) is 0 Å². The summed E-state index contributed by atoms with van der Waals surface area (Å²) in [6.07, 6.45) is 2.48. The van der Waals surface area contributed by atoms with E-state index >= 15 is 0 Å². The van der Waals surface area contributed by atoms with Gasteiger partial charge in [0.15, 0.2) is 0 Å². The maximum atomic E-state index is 6.11. The highest BCUT2D eigenvalue weighted by molar-refractivity contribution is 6.31. The summed E-state index contributed by atoms with van der Waals surface area (Å²) in [7, 11) is 1.67. The van der Waals surface area contributed by atoms with E-state index in [-0.39, 0.29) is 6.04 Å². The van der Waals surface area contributed by atoms with E-state index in [2.05, 4.69) is 17.4 Å². The van der Waals surface area contributed by atoms with Crippen LogP contribution in [0.3, 0.4) is 0 Å². The van der Waals surface area contributed by atoms with Crippen LogP contribution in [-0.4, -0.2) is 7.11 Å². The van der Waals surface area contributed by atoms with Gasteiger partial charge >= 0.3 is 0 Å². The zero-order valence-electron chi connectivity index (χ0n) is 11.8. The molecule has 0 heterocycles. The Bertz CT molecular complexity index is 623. The van der Waals surface area contributed by atoms with Gasteiger partial charge in [0.1, 0.15) is 5.75 Å². The third-order valence-electron chi connectivity index (χ3n) is 3.80. The molecule has 1 saturated carbocycles. The van der Waals surface area contributed by atoms with E-state index in [1.165, 1.54) is 18.4 Å². The van der Waals surface area contributed by atoms with Crippen LogP contribution < -0.4 is 10.1 Å². The molecule has 2 aromatic carbocycles. The average molecular weight is 322 g/mol. The average Bonchev–Trinajstić information content (AvgIpc) is 3.31.